The number of benzene rings is 2. The van der Waals surface area contributed by atoms with Gasteiger partial charge in [0, 0.05) is 38.3 Å². The van der Waals surface area contributed by atoms with Gasteiger partial charge >= 0.3 is 0 Å². The van der Waals surface area contributed by atoms with Gasteiger partial charge in [-0.25, -0.2) is 0 Å². The lowest BCUT2D eigenvalue weighted by molar-refractivity contribution is 0.104. The van der Waals surface area contributed by atoms with Crippen molar-refractivity contribution in [3.8, 4) is 0 Å². The minimum Gasteiger partial charge on any atom is -0.360 e. The summed E-state index contributed by atoms with van der Waals surface area (Å²) in [6.07, 6.45) is 1.70. The average molecular weight is 290 g/mol. The summed E-state index contributed by atoms with van der Waals surface area (Å²) < 4.78 is 0. The zero-order valence-electron chi connectivity index (χ0n) is 9.78. The van der Waals surface area contributed by atoms with Crippen LogP contribution in [0.1, 0.15) is 15.9 Å². The van der Waals surface area contributed by atoms with E-state index in [-0.39, 0.29) is 5.78 Å². The Balaban J connectivity index is 2.14. The number of nitrogens with one attached hydrogen (secondary N) is 1. The molecule has 3 rings (SSSR count). The Kier molecular flexibility index (Phi) is 3.05. The second kappa shape index (κ2) is 4.72. The van der Waals surface area contributed by atoms with Gasteiger partial charge in [0.2, 0.25) is 0 Å². The molecular formula is C15H9Cl2NO. The van der Waals surface area contributed by atoms with E-state index in [9.17, 15) is 4.79 Å². The first kappa shape index (κ1) is 12.3. The zero-order valence-corrected chi connectivity index (χ0v) is 11.3. The van der Waals surface area contributed by atoms with Crippen molar-refractivity contribution in [1.82, 2.24) is 4.98 Å². The second-order valence-corrected chi connectivity index (χ2v) is 5.10. The van der Waals surface area contributed by atoms with Crippen LogP contribution in [0.25, 0.3) is 10.9 Å². The smallest absolute Gasteiger partial charge is 0.195 e. The standard InChI is InChI=1S/C15H9Cl2NO/c16-10-3-1-2-9(6-10)15(19)13-8-18-14-5-4-11(17)7-12(13)14/h1-8,18H. The molecule has 0 aliphatic carbocycles. The van der Waals surface area contributed by atoms with E-state index in [1.54, 1.807) is 42.6 Å². The first-order chi connectivity index (χ1) is 9.15. The molecule has 4 heteroatoms. The third kappa shape index (κ3) is 2.25. The zero-order chi connectivity index (χ0) is 13.4. The minimum absolute atomic E-state index is 0.0731. The van der Waals surface area contributed by atoms with Crippen molar-refractivity contribution in [3.63, 3.8) is 0 Å². The number of carbonyl (C=O) groups is 1. The molecule has 1 aromatic heterocycles. The van der Waals surface area contributed by atoms with E-state index < -0.39 is 0 Å². The molecule has 0 aliphatic rings. The monoisotopic (exact) mass is 289 g/mol. The third-order valence-electron chi connectivity index (χ3n) is 2.98. The topological polar surface area (TPSA) is 32.9 Å². The van der Waals surface area contributed by atoms with E-state index >= 15 is 0 Å². The minimum atomic E-state index is -0.0731. The van der Waals surface area contributed by atoms with E-state index in [0.717, 1.165) is 10.9 Å². The number of hydrogen-bond donors (Lipinski definition) is 1. The molecule has 0 aliphatic heterocycles. The molecule has 2 aromatic carbocycles. The Bertz CT molecular complexity index is 777. The predicted octanol–water partition coefficient (Wildman–Crippen LogP) is 4.71. The van der Waals surface area contributed by atoms with Crippen LogP contribution in [0.2, 0.25) is 10.0 Å². The first-order valence-electron chi connectivity index (χ1n) is 5.72. The molecule has 1 heterocycles. The summed E-state index contributed by atoms with van der Waals surface area (Å²) in [6.45, 7) is 0. The normalized spacial score (nSPS) is 10.8. The van der Waals surface area contributed by atoms with Crippen molar-refractivity contribution in [2.24, 2.45) is 0 Å². The van der Waals surface area contributed by atoms with E-state index in [1.807, 2.05) is 6.07 Å². The Morgan fingerprint density at radius 3 is 2.58 bits per heavy atom. The number of aromatic amines is 1. The molecule has 0 atom stereocenters. The molecule has 0 bridgehead atoms. The van der Waals surface area contributed by atoms with Gasteiger partial charge in [0.05, 0.1) is 0 Å². The fourth-order valence-electron chi connectivity index (χ4n) is 2.07. The molecule has 0 saturated heterocycles. The second-order valence-electron chi connectivity index (χ2n) is 4.23. The summed E-state index contributed by atoms with van der Waals surface area (Å²) in [6, 6.07) is 12.3. The van der Waals surface area contributed by atoms with Crippen LogP contribution in [0.5, 0.6) is 0 Å². The van der Waals surface area contributed by atoms with Gasteiger partial charge in [-0.2, -0.15) is 0 Å². The average Bonchev–Trinajstić information content (AvgIpc) is 2.80. The van der Waals surface area contributed by atoms with Gasteiger partial charge in [-0.05, 0) is 30.3 Å². The Morgan fingerprint density at radius 1 is 1.00 bits per heavy atom. The van der Waals surface area contributed by atoms with Crippen molar-refractivity contribution in [2.75, 3.05) is 0 Å². The van der Waals surface area contributed by atoms with E-state index in [4.69, 9.17) is 23.2 Å². The maximum absolute atomic E-state index is 12.5. The molecular weight excluding hydrogens is 281 g/mol. The van der Waals surface area contributed by atoms with Gasteiger partial charge in [0.25, 0.3) is 0 Å². The molecule has 19 heavy (non-hydrogen) atoms. The molecule has 0 amide bonds. The molecule has 2 nitrogen and oxygen atoms in total. The van der Waals surface area contributed by atoms with Crippen LogP contribution in [0.15, 0.2) is 48.7 Å². The van der Waals surface area contributed by atoms with Crippen LogP contribution in [0.3, 0.4) is 0 Å². The highest BCUT2D eigenvalue weighted by molar-refractivity contribution is 6.32. The van der Waals surface area contributed by atoms with E-state index in [2.05, 4.69) is 4.98 Å². The fourth-order valence-corrected chi connectivity index (χ4v) is 2.43. The highest BCUT2D eigenvalue weighted by atomic mass is 35.5. The lowest BCUT2D eigenvalue weighted by Crippen LogP contribution is -1.99. The van der Waals surface area contributed by atoms with Gasteiger partial charge in [-0.1, -0.05) is 35.3 Å². The van der Waals surface area contributed by atoms with Gasteiger partial charge in [-0.15, -0.1) is 0 Å². The third-order valence-corrected chi connectivity index (χ3v) is 3.45. The summed E-state index contributed by atoms with van der Waals surface area (Å²) in [5.74, 6) is -0.0731. The number of hydrogen-bond acceptors (Lipinski definition) is 1. The lowest BCUT2D eigenvalue weighted by Gasteiger charge is -2.00. The van der Waals surface area contributed by atoms with Crippen LogP contribution in [0.4, 0.5) is 0 Å². The quantitative estimate of drug-likeness (QED) is 0.681. The van der Waals surface area contributed by atoms with Crippen molar-refractivity contribution in [3.05, 3.63) is 69.8 Å². The highest BCUT2D eigenvalue weighted by Crippen LogP contribution is 2.25. The van der Waals surface area contributed by atoms with Gasteiger partial charge < -0.3 is 4.98 Å². The van der Waals surface area contributed by atoms with E-state index in [1.165, 1.54) is 0 Å². The SMILES string of the molecule is O=C(c1cccc(Cl)c1)c1c[nH]c2ccc(Cl)cc12. The van der Waals surface area contributed by atoms with Crippen LogP contribution < -0.4 is 0 Å². The largest absolute Gasteiger partial charge is 0.360 e. The lowest BCUT2D eigenvalue weighted by atomic mass is 10.0. The molecule has 0 unspecified atom stereocenters. The molecule has 0 fully saturated rings. The number of fused-ring (bicyclic) bond motifs is 1. The Morgan fingerprint density at radius 2 is 1.79 bits per heavy atom. The number of aromatic nitrogens is 1. The van der Waals surface area contributed by atoms with Gasteiger partial charge in [0.1, 0.15) is 0 Å². The molecule has 0 spiro atoms. The Labute approximate surface area is 120 Å². The number of carbonyl (C=O) groups excluding carboxylic acids is 1. The van der Waals surface area contributed by atoms with Crippen molar-refractivity contribution >= 4 is 39.9 Å². The first-order valence-corrected chi connectivity index (χ1v) is 6.47. The molecule has 0 radical (unpaired) electrons. The van der Waals surface area contributed by atoms with Crippen molar-refractivity contribution in [1.29, 1.82) is 0 Å². The number of rotatable bonds is 2. The van der Waals surface area contributed by atoms with Crippen LogP contribution in [0, 0.1) is 0 Å². The number of ketones is 1. The predicted molar refractivity (Wildman–Crippen MR) is 78.2 cm³/mol. The highest BCUT2D eigenvalue weighted by Gasteiger charge is 2.14. The summed E-state index contributed by atoms with van der Waals surface area (Å²) in [5.41, 5.74) is 2.04. The Hall–Kier alpha value is -1.77. The summed E-state index contributed by atoms with van der Waals surface area (Å²) in [7, 11) is 0. The van der Waals surface area contributed by atoms with Gasteiger partial charge in [0.15, 0.2) is 5.78 Å². The maximum atomic E-state index is 12.5. The van der Waals surface area contributed by atoms with Crippen molar-refractivity contribution < 1.29 is 4.79 Å². The summed E-state index contributed by atoms with van der Waals surface area (Å²) in [5, 5.41) is 1.97. The van der Waals surface area contributed by atoms with Gasteiger partial charge in [-0.3, -0.25) is 4.79 Å². The van der Waals surface area contributed by atoms with Crippen molar-refractivity contribution in [2.45, 2.75) is 0 Å². The molecule has 94 valence electrons. The van der Waals surface area contributed by atoms with Crippen LogP contribution >= 0.6 is 23.2 Å². The summed E-state index contributed by atoms with van der Waals surface area (Å²) >= 11 is 11.9. The fraction of sp³-hybridized carbons (Fsp3) is 0. The molecule has 1 N–H and O–H groups in total. The number of halogens is 2. The van der Waals surface area contributed by atoms with Crippen LogP contribution in [-0.2, 0) is 0 Å². The maximum Gasteiger partial charge on any atom is 0.195 e. The molecule has 3 aromatic rings. The van der Waals surface area contributed by atoms with E-state index in [0.29, 0.717) is 21.2 Å². The van der Waals surface area contributed by atoms with Crippen LogP contribution in [-0.4, -0.2) is 10.8 Å². The number of H-pyrrole nitrogens is 1. The molecule has 0 saturated carbocycles. The summed E-state index contributed by atoms with van der Waals surface area (Å²) in [4.78, 5) is 15.5.